The van der Waals surface area contributed by atoms with E-state index in [2.05, 4.69) is 5.16 Å². The Hall–Kier alpha value is -0.930. The first-order valence-electron chi connectivity index (χ1n) is 4.48. The van der Waals surface area contributed by atoms with Crippen LogP contribution in [0.1, 0.15) is 5.56 Å². The van der Waals surface area contributed by atoms with Gasteiger partial charge in [-0.15, -0.1) is 0 Å². The lowest BCUT2D eigenvalue weighted by molar-refractivity contribution is 0.352. The molecule has 0 bridgehead atoms. The van der Waals surface area contributed by atoms with Gasteiger partial charge >= 0.3 is 0 Å². The molecule has 1 aromatic heterocycles. The minimum Gasteiger partial charge on any atom is -0.348 e. The van der Waals surface area contributed by atoms with Gasteiger partial charge in [-0.25, -0.2) is 0 Å². The first kappa shape index (κ1) is 10.6. The number of rotatable bonds is 2. The van der Waals surface area contributed by atoms with Gasteiger partial charge in [0.05, 0.1) is 0 Å². The summed E-state index contributed by atoms with van der Waals surface area (Å²) in [5.41, 5.74) is 2.90. The summed E-state index contributed by atoms with van der Waals surface area (Å²) in [7, 11) is 0. The van der Waals surface area contributed by atoms with Crippen molar-refractivity contribution in [1.82, 2.24) is 5.16 Å². The van der Waals surface area contributed by atoms with Gasteiger partial charge in [0.15, 0.2) is 0 Å². The predicted molar refractivity (Wildman–Crippen MR) is 63.5 cm³/mol. The summed E-state index contributed by atoms with van der Waals surface area (Å²) in [5, 5.41) is 5.21. The van der Waals surface area contributed by atoms with Gasteiger partial charge in [0.2, 0.25) is 5.09 Å². The zero-order chi connectivity index (χ0) is 10.8. The van der Waals surface area contributed by atoms with Crippen molar-refractivity contribution in [3.05, 3.63) is 34.9 Å². The molecule has 0 aliphatic carbocycles. The highest BCUT2D eigenvalue weighted by atomic mass is 35.5. The lowest BCUT2D eigenvalue weighted by Gasteiger charge is -1.97. The van der Waals surface area contributed by atoms with E-state index >= 15 is 0 Å². The lowest BCUT2D eigenvalue weighted by atomic mass is 10.1. The number of hydrogen-bond donors (Lipinski definition) is 0. The molecule has 2 nitrogen and oxygen atoms in total. The van der Waals surface area contributed by atoms with Gasteiger partial charge in [-0.3, -0.25) is 0 Å². The van der Waals surface area contributed by atoms with Crippen LogP contribution in [0.15, 0.2) is 33.9 Å². The average molecular weight is 240 g/mol. The summed E-state index contributed by atoms with van der Waals surface area (Å²) >= 11 is 7.57. The first-order valence-corrected chi connectivity index (χ1v) is 6.09. The predicted octanol–water partition coefficient (Wildman–Crippen LogP) is 4.03. The fraction of sp³-hybridized carbons (Fsp3) is 0.182. The first-order chi connectivity index (χ1) is 7.22. The summed E-state index contributed by atoms with van der Waals surface area (Å²) in [6.07, 6.45) is 1.91. The van der Waals surface area contributed by atoms with E-state index in [4.69, 9.17) is 16.1 Å². The van der Waals surface area contributed by atoms with E-state index in [1.165, 1.54) is 17.3 Å². The van der Waals surface area contributed by atoms with Crippen LogP contribution in [-0.4, -0.2) is 11.4 Å². The van der Waals surface area contributed by atoms with Crippen LogP contribution >= 0.6 is 23.4 Å². The molecule has 0 aliphatic heterocycles. The van der Waals surface area contributed by atoms with Crippen molar-refractivity contribution in [2.75, 3.05) is 6.26 Å². The quantitative estimate of drug-likeness (QED) is 0.741. The van der Waals surface area contributed by atoms with E-state index in [1.807, 2.05) is 37.4 Å². The molecule has 15 heavy (non-hydrogen) atoms. The van der Waals surface area contributed by atoms with Crippen LogP contribution in [0.3, 0.4) is 0 Å². The van der Waals surface area contributed by atoms with Gasteiger partial charge in [-0.2, -0.15) is 0 Å². The molecule has 4 heteroatoms. The van der Waals surface area contributed by atoms with Gasteiger partial charge in [0.25, 0.3) is 0 Å². The van der Waals surface area contributed by atoms with Gasteiger partial charge in [0.1, 0.15) is 10.7 Å². The Morgan fingerprint density at radius 2 is 1.93 bits per heavy atom. The van der Waals surface area contributed by atoms with Crippen LogP contribution in [0.5, 0.6) is 0 Å². The fourth-order valence-electron chi connectivity index (χ4n) is 1.28. The third kappa shape index (κ3) is 2.03. The Morgan fingerprint density at radius 1 is 1.27 bits per heavy atom. The molecule has 0 saturated carbocycles. The third-order valence-electron chi connectivity index (χ3n) is 2.12. The molecular weight excluding hydrogens is 230 g/mol. The molecule has 0 amide bonds. The molecular formula is C11H10ClNOS. The van der Waals surface area contributed by atoms with Gasteiger partial charge < -0.3 is 4.52 Å². The van der Waals surface area contributed by atoms with E-state index in [-0.39, 0.29) is 0 Å². The van der Waals surface area contributed by atoms with Crippen LogP contribution in [0.25, 0.3) is 11.3 Å². The molecule has 0 N–H and O–H groups in total. The molecule has 0 fully saturated rings. The molecule has 2 rings (SSSR count). The van der Waals surface area contributed by atoms with Gasteiger partial charge in [0, 0.05) is 5.56 Å². The van der Waals surface area contributed by atoms with Gasteiger partial charge in [-0.05, 0) is 13.2 Å². The molecule has 0 radical (unpaired) electrons. The minimum atomic E-state index is 0.589. The summed E-state index contributed by atoms with van der Waals surface area (Å²) in [6.45, 7) is 2.04. The zero-order valence-corrected chi connectivity index (χ0v) is 10.0. The second kappa shape index (κ2) is 4.29. The lowest BCUT2D eigenvalue weighted by Crippen LogP contribution is -1.78. The summed E-state index contributed by atoms with van der Waals surface area (Å²) in [4.78, 5) is 0. The molecule has 78 valence electrons. The SMILES string of the molecule is CSc1onc(-c2ccc(C)cc2)c1Cl. The summed E-state index contributed by atoms with van der Waals surface area (Å²) in [5.74, 6) is 0. The van der Waals surface area contributed by atoms with Gasteiger partial charge in [-0.1, -0.05) is 58.3 Å². The number of benzene rings is 1. The molecule has 1 heterocycles. The van der Waals surface area contributed by atoms with Crippen molar-refractivity contribution in [2.24, 2.45) is 0 Å². The number of aryl methyl sites for hydroxylation is 1. The van der Waals surface area contributed by atoms with Crippen molar-refractivity contribution in [3.8, 4) is 11.3 Å². The van der Waals surface area contributed by atoms with E-state index in [9.17, 15) is 0 Å². The molecule has 0 unspecified atom stereocenters. The summed E-state index contributed by atoms with van der Waals surface area (Å²) < 4.78 is 5.11. The van der Waals surface area contributed by atoms with Crippen LogP contribution < -0.4 is 0 Å². The van der Waals surface area contributed by atoms with E-state index in [1.54, 1.807) is 0 Å². The summed E-state index contributed by atoms with van der Waals surface area (Å²) in [6, 6.07) is 8.03. The normalized spacial score (nSPS) is 10.6. The highest BCUT2D eigenvalue weighted by molar-refractivity contribution is 7.98. The van der Waals surface area contributed by atoms with Crippen molar-refractivity contribution in [3.63, 3.8) is 0 Å². The van der Waals surface area contributed by atoms with Crippen molar-refractivity contribution in [2.45, 2.75) is 12.0 Å². The fourth-order valence-corrected chi connectivity index (χ4v) is 2.08. The number of hydrogen-bond acceptors (Lipinski definition) is 3. The van der Waals surface area contributed by atoms with Crippen LogP contribution in [0.4, 0.5) is 0 Å². The van der Waals surface area contributed by atoms with E-state index in [0.717, 1.165) is 5.56 Å². The maximum Gasteiger partial charge on any atom is 0.212 e. The van der Waals surface area contributed by atoms with Crippen LogP contribution in [0.2, 0.25) is 5.02 Å². The molecule has 0 spiro atoms. The molecule has 0 aliphatic rings. The maximum atomic E-state index is 6.12. The molecule has 2 aromatic rings. The second-order valence-electron chi connectivity index (χ2n) is 3.20. The Morgan fingerprint density at radius 3 is 2.47 bits per heavy atom. The number of aromatic nitrogens is 1. The third-order valence-corrected chi connectivity index (χ3v) is 3.23. The van der Waals surface area contributed by atoms with Crippen LogP contribution in [-0.2, 0) is 0 Å². The molecule has 1 aromatic carbocycles. The van der Waals surface area contributed by atoms with Crippen molar-refractivity contribution < 1.29 is 4.52 Å². The molecule has 0 atom stereocenters. The number of halogens is 1. The van der Waals surface area contributed by atoms with Crippen molar-refractivity contribution in [1.29, 1.82) is 0 Å². The van der Waals surface area contributed by atoms with E-state index in [0.29, 0.717) is 15.8 Å². The monoisotopic (exact) mass is 239 g/mol. The Balaban J connectivity index is 2.45. The highest BCUT2D eigenvalue weighted by Gasteiger charge is 2.14. The smallest absolute Gasteiger partial charge is 0.212 e. The Bertz CT molecular complexity index is 464. The minimum absolute atomic E-state index is 0.589. The highest BCUT2D eigenvalue weighted by Crippen LogP contribution is 2.34. The average Bonchev–Trinajstić information content (AvgIpc) is 2.61. The standard InChI is InChI=1S/C11H10ClNOS/c1-7-3-5-8(6-4-7)10-9(12)11(15-2)14-13-10/h3-6H,1-2H3. The number of nitrogens with zero attached hydrogens (tertiary/aromatic N) is 1. The number of thioether (sulfide) groups is 1. The maximum absolute atomic E-state index is 6.12. The topological polar surface area (TPSA) is 26.0 Å². The van der Waals surface area contributed by atoms with Crippen LogP contribution in [0, 0.1) is 6.92 Å². The zero-order valence-electron chi connectivity index (χ0n) is 8.45. The largest absolute Gasteiger partial charge is 0.348 e. The Labute approximate surface area is 97.6 Å². The Kier molecular flexibility index (Phi) is 3.03. The second-order valence-corrected chi connectivity index (χ2v) is 4.36. The van der Waals surface area contributed by atoms with Crippen molar-refractivity contribution >= 4 is 23.4 Å². The van der Waals surface area contributed by atoms with E-state index < -0.39 is 0 Å². The molecule has 0 saturated heterocycles.